The van der Waals surface area contributed by atoms with E-state index >= 15 is 0 Å². The third-order valence-corrected chi connectivity index (χ3v) is 6.51. The third-order valence-electron chi connectivity index (χ3n) is 5.54. The number of rotatable bonds is 6. The van der Waals surface area contributed by atoms with Crippen LogP contribution in [-0.2, 0) is 15.8 Å². The Morgan fingerprint density at radius 3 is 2.45 bits per heavy atom. The van der Waals surface area contributed by atoms with Gasteiger partial charge in [-0.15, -0.1) is 0 Å². The maximum atomic E-state index is 11.7. The number of sulfonamides is 1. The van der Waals surface area contributed by atoms with Gasteiger partial charge in [-0.2, -0.15) is 0 Å². The lowest BCUT2D eigenvalue weighted by Gasteiger charge is -2.33. The second-order valence-corrected chi connectivity index (χ2v) is 9.66. The number of anilines is 1. The molecule has 0 aromatic heterocycles. The fourth-order valence-corrected chi connectivity index (χ4v) is 5.05. The van der Waals surface area contributed by atoms with Crippen LogP contribution in [0.2, 0.25) is 5.02 Å². The summed E-state index contributed by atoms with van der Waals surface area (Å²) in [5.74, 6) is 0.564. The molecule has 0 bridgehead atoms. The number of benzene rings is 3. The molecule has 0 aliphatic carbocycles. The third kappa shape index (κ3) is 4.42. The molecule has 162 valence electrons. The van der Waals surface area contributed by atoms with E-state index in [2.05, 4.69) is 24.8 Å². The van der Waals surface area contributed by atoms with Crippen molar-refractivity contribution in [3.05, 3.63) is 82.4 Å². The van der Waals surface area contributed by atoms with Gasteiger partial charge in [-0.25, -0.2) is 13.6 Å². The molecule has 1 aliphatic rings. The molecule has 3 aromatic rings. The van der Waals surface area contributed by atoms with Crippen LogP contribution in [-0.4, -0.2) is 21.5 Å². The summed E-state index contributed by atoms with van der Waals surface area (Å²) in [5.41, 5.74) is 5.55. The smallest absolute Gasteiger partial charge is 0.213 e. The van der Waals surface area contributed by atoms with Crippen molar-refractivity contribution in [1.29, 1.82) is 0 Å². The minimum Gasteiger partial charge on any atom is -0.480 e. The average molecular weight is 457 g/mol. The molecule has 0 fully saturated rings. The highest BCUT2D eigenvalue weighted by Gasteiger charge is 2.30. The van der Waals surface area contributed by atoms with E-state index in [1.807, 2.05) is 54.6 Å². The first-order chi connectivity index (χ1) is 14.8. The monoisotopic (exact) mass is 456 g/mol. The average Bonchev–Trinajstić information content (AvgIpc) is 2.73. The Hall–Kier alpha value is -2.54. The van der Waals surface area contributed by atoms with Crippen LogP contribution >= 0.6 is 11.6 Å². The lowest BCUT2D eigenvalue weighted by Crippen LogP contribution is -2.24. The van der Waals surface area contributed by atoms with Crippen molar-refractivity contribution in [2.45, 2.75) is 25.7 Å². The normalized spacial score (nSPS) is 15.0. The molecule has 1 heterocycles. The van der Waals surface area contributed by atoms with Gasteiger partial charge >= 0.3 is 0 Å². The standard InChI is InChI=1S/C24H25ClN2O3S/c1-3-27(4-2)21-9-6-10-22-23(21)19-12-11-16(15-31(26,28)29)13-20(19)24(30-22)17-7-5-8-18(25)14-17/h5-14,24H,3-4,15H2,1-2H3,(H2,26,28,29). The fourth-order valence-electron chi connectivity index (χ4n) is 4.20. The van der Waals surface area contributed by atoms with Crippen LogP contribution in [0.4, 0.5) is 5.69 Å². The SMILES string of the molecule is CCN(CC)c1cccc2c1-c1ccc(CS(N)(=O)=O)cc1C(c1cccc(Cl)c1)O2. The summed E-state index contributed by atoms with van der Waals surface area (Å²) in [6.45, 7) is 5.97. The topological polar surface area (TPSA) is 72.6 Å². The molecule has 0 saturated carbocycles. The molecule has 31 heavy (non-hydrogen) atoms. The van der Waals surface area contributed by atoms with Gasteiger partial charge in [0.15, 0.2) is 0 Å². The van der Waals surface area contributed by atoms with E-state index < -0.39 is 16.1 Å². The van der Waals surface area contributed by atoms with Gasteiger partial charge in [0.05, 0.1) is 5.75 Å². The minimum atomic E-state index is -3.65. The Morgan fingerprint density at radius 2 is 1.77 bits per heavy atom. The maximum absolute atomic E-state index is 11.7. The Balaban J connectivity index is 1.94. The number of hydrogen-bond donors (Lipinski definition) is 1. The van der Waals surface area contributed by atoms with Crippen LogP contribution in [0, 0.1) is 0 Å². The molecular weight excluding hydrogens is 432 g/mol. The lowest BCUT2D eigenvalue weighted by atomic mass is 9.87. The van der Waals surface area contributed by atoms with Gasteiger partial charge in [0.1, 0.15) is 11.9 Å². The van der Waals surface area contributed by atoms with E-state index in [-0.39, 0.29) is 5.75 Å². The van der Waals surface area contributed by atoms with Gasteiger partial charge in [-0.3, -0.25) is 0 Å². The molecule has 1 unspecified atom stereocenters. The van der Waals surface area contributed by atoms with E-state index in [0.717, 1.165) is 46.8 Å². The number of halogens is 1. The summed E-state index contributed by atoms with van der Waals surface area (Å²) >= 11 is 6.26. The lowest BCUT2D eigenvalue weighted by molar-refractivity contribution is 0.243. The predicted octanol–water partition coefficient (Wildman–Crippen LogP) is 5.12. The Labute approximate surface area is 188 Å². The van der Waals surface area contributed by atoms with Gasteiger partial charge in [0.25, 0.3) is 0 Å². The summed E-state index contributed by atoms with van der Waals surface area (Å²) in [6, 6.07) is 19.3. The Kier molecular flexibility index (Phi) is 5.97. The molecule has 0 saturated heterocycles. The highest BCUT2D eigenvalue weighted by Crippen LogP contribution is 2.49. The summed E-state index contributed by atoms with van der Waals surface area (Å²) in [4.78, 5) is 2.28. The highest BCUT2D eigenvalue weighted by atomic mass is 35.5. The molecular formula is C24H25ClN2O3S. The van der Waals surface area contributed by atoms with Crippen LogP contribution in [0.15, 0.2) is 60.7 Å². The number of ether oxygens (including phenoxy) is 1. The van der Waals surface area contributed by atoms with Gasteiger partial charge in [0, 0.05) is 34.9 Å². The molecule has 3 aromatic carbocycles. The Morgan fingerprint density at radius 1 is 1.03 bits per heavy atom. The van der Waals surface area contributed by atoms with Crippen molar-refractivity contribution in [2.24, 2.45) is 5.14 Å². The van der Waals surface area contributed by atoms with Gasteiger partial charge in [0.2, 0.25) is 10.0 Å². The van der Waals surface area contributed by atoms with E-state index in [4.69, 9.17) is 21.5 Å². The van der Waals surface area contributed by atoms with Gasteiger partial charge in [-0.05, 0) is 54.8 Å². The molecule has 7 heteroatoms. The molecule has 0 radical (unpaired) electrons. The molecule has 0 amide bonds. The Bertz CT molecular complexity index is 1220. The summed E-state index contributed by atoms with van der Waals surface area (Å²) in [5, 5.41) is 5.92. The number of primary sulfonamides is 1. The van der Waals surface area contributed by atoms with Crippen LogP contribution in [0.25, 0.3) is 11.1 Å². The molecule has 2 N–H and O–H groups in total. The molecule has 1 aliphatic heterocycles. The van der Waals surface area contributed by atoms with Crippen LogP contribution in [0.3, 0.4) is 0 Å². The molecule has 4 rings (SSSR count). The molecule has 0 spiro atoms. The van der Waals surface area contributed by atoms with E-state index in [1.54, 1.807) is 0 Å². The summed E-state index contributed by atoms with van der Waals surface area (Å²) in [6.07, 6.45) is -0.409. The quantitative estimate of drug-likeness (QED) is 0.558. The van der Waals surface area contributed by atoms with E-state index in [0.29, 0.717) is 10.6 Å². The largest absolute Gasteiger partial charge is 0.480 e. The number of hydrogen-bond acceptors (Lipinski definition) is 4. The zero-order valence-electron chi connectivity index (χ0n) is 17.5. The summed E-state index contributed by atoms with van der Waals surface area (Å²) in [7, 11) is -3.65. The van der Waals surface area contributed by atoms with Crippen LogP contribution in [0.1, 0.15) is 36.6 Å². The minimum absolute atomic E-state index is 0.229. The van der Waals surface area contributed by atoms with Crippen molar-refractivity contribution >= 4 is 27.3 Å². The second-order valence-electron chi connectivity index (χ2n) is 7.60. The number of nitrogens with zero attached hydrogens (tertiary/aromatic N) is 1. The second kappa shape index (κ2) is 8.54. The van der Waals surface area contributed by atoms with Crippen LogP contribution in [0.5, 0.6) is 5.75 Å². The first-order valence-electron chi connectivity index (χ1n) is 10.2. The zero-order valence-corrected chi connectivity index (χ0v) is 19.1. The number of nitrogens with two attached hydrogens (primary N) is 1. The van der Waals surface area contributed by atoms with Crippen molar-refractivity contribution in [1.82, 2.24) is 0 Å². The zero-order chi connectivity index (χ0) is 22.2. The summed E-state index contributed by atoms with van der Waals surface area (Å²) < 4.78 is 29.9. The maximum Gasteiger partial charge on any atom is 0.213 e. The van der Waals surface area contributed by atoms with Crippen molar-refractivity contribution in [2.75, 3.05) is 18.0 Å². The van der Waals surface area contributed by atoms with Crippen molar-refractivity contribution < 1.29 is 13.2 Å². The fraction of sp³-hybridized carbons (Fsp3) is 0.250. The molecule has 5 nitrogen and oxygen atoms in total. The predicted molar refractivity (Wildman–Crippen MR) is 126 cm³/mol. The highest BCUT2D eigenvalue weighted by molar-refractivity contribution is 7.88. The first kappa shape index (κ1) is 21.7. The van der Waals surface area contributed by atoms with Gasteiger partial charge < -0.3 is 9.64 Å². The van der Waals surface area contributed by atoms with E-state index in [9.17, 15) is 8.42 Å². The van der Waals surface area contributed by atoms with Crippen molar-refractivity contribution in [3.63, 3.8) is 0 Å². The van der Waals surface area contributed by atoms with Crippen molar-refractivity contribution in [3.8, 4) is 16.9 Å². The first-order valence-corrected chi connectivity index (χ1v) is 12.3. The number of fused-ring (bicyclic) bond motifs is 3. The van der Waals surface area contributed by atoms with E-state index in [1.165, 1.54) is 0 Å². The molecule has 1 atom stereocenters. The van der Waals surface area contributed by atoms with Gasteiger partial charge in [-0.1, -0.05) is 48.0 Å². The van der Waals surface area contributed by atoms with Crippen LogP contribution < -0.4 is 14.8 Å².